The number of hydrogen-bond donors (Lipinski definition) is 2. The number of carbonyl (C=O) groups is 1. The lowest BCUT2D eigenvalue weighted by Crippen LogP contribution is -2.49. The van der Waals surface area contributed by atoms with Gasteiger partial charge in [0.25, 0.3) is 0 Å². The first-order valence-electron chi connectivity index (χ1n) is 14.4. The molecule has 1 atom stereocenters. The van der Waals surface area contributed by atoms with Crippen LogP contribution in [0, 0.1) is 17.2 Å². The van der Waals surface area contributed by atoms with Crippen LogP contribution >= 0.6 is 12.2 Å². The van der Waals surface area contributed by atoms with Crippen LogP contribution in [0.1, 0.15) is 54.6 Å². The second-order valence-corrected chi connectivity index (χ2v) is 11.4. The number of aromatic nitrogens is 2. The van der Waals surface area contributed by atoms with E-state index in [1.54, 1.807) is 42.7 Å². The molecule has 44 heavy (non-hydrogen) atoms. The van der Waals surface area contributed by atoms with E-state index in [0.717, 1.165) is 11.6 Å². The Morgan fingerprint density at radius 1 is 1.18 bits per heavy atom. The Hall–Kier alpha value is -3.95. The molecule has 236 valence electrons. The smallest absolute Gasteiger partial charge is 0.385 e. The lowest BCUT2D eigenvalue weighted by atomic mass is 10.0. The van der Waals surface area contributed by atoms with E-state index in [9.17, 15) is 18.0 Å². The lowest BCUT2D eigenvalue weighted by Gasteiger charge is -2.32. The summed E-state index contributed by atoms with van der Waals surface area (Å²) in [5.74, 6) is -0.0263. The Morgan fingerprint density at radius 3 is 2.57 bits per heavy atom. The summed E-state index contributed by atoms with van der Waals surface area (Å²) < 4.78 is 48.4. The minimum Gasteiger partial charge on any atom is -0.385 e. The average molecular weight is 629 g/mol. The van der Waals surface area contributed by atoms with Gasteiger partial charge in [0.15, 0.2) is 5.11 Å². The van der Waals surface area contributed by atoms with Gasteiger partial charge in [0.1, 0.15) is 0 Å². The summed E-state index contributed by atoms with van der Waals surface area (Å²) in [6.07, 6.45) is 0.120. The van der Waals surface area contributed by atoms with Gasteiger partial charge in [0, 0.05) is 57.8 Å². The molecule has 0 unspecified atom stereocenters. The van der Waals surface area contributed by atoms with Gasteiger partial charge in [-0.1, -0.05) is 44.2 Å². The van der Waals surface area contributed by atoms with Crippen molar-refractivity contribution in [3.63, 3.8) is 0 Å². The quantitative estimate of drug-likeness (QED) is 0.174. The number of nitrogens with zero attached hydrogens (tertiary/aromatic N) is 4. The standard InChI is InChI=1S/C32H39F3N6O2S/c1-23(2)15-27(39-30(42)16-28-18-37-22-41(28)19-25-11-9-24(17-36)10-12-25)21-40(31(44)38-13-6-14-43-3)20-26-7-4-5-8-29(26)32(33,34)35/h4-5,7-12,18,22-23,27H,6,13-16,19-21H2,1-3H3,(H,38,44)(H,39,42)/t27-/m0/s1. The van der Waals surface area contributed by atoms with Gasteiger partial charge in [-0.15, -0.1) is 0 Å². The van der Waals surface area contributed by atoms with E-state index in [0.29, 0.717) is 48.9 Å². The molecule has 0 aliphatic carbocycles. The summed E-state index contributed by atoms with van der Waals surface area (Å²) in [5.41, 5.74) is 1.62. The first-order valence-corrected chi connectivity index (χ1v) is 14.8. The third-order valence-electron chi connectivity index (χ3n) is 6.91. The highest BCUT2D eigenvalue weighted by molar-refractivity contribution is 7.80. The van der Waals surface area contributed by atoms with Gasteiger partial charge in [0.2, 0.25) is 5.91 Å². The summed E-state index contributed by atoms with van der Waals surface area (Å²) in [7, 11) is 1.60. The van der Waals surface area contributed by atoms with Crippen LogP contribution in [-0.4, -0.2) is 58.3 Å². The van der Waals surface area contributed by atoms with Crippen molar-refractivity contribution in [1.82, 2.24) is 25.1 Å². The number of alkyl halides is 3. The summed E-state index contributed by atoms with van der Waals surface area (Å²) in [5, 5.41) is 15.6. The van der Waals surface area contributed by atoms with E-state index in [2.05, 4.69) is 21.7 Å². The maximum atomic E-state index is 13.8. The SMILES string of the molecule is COCCCNC(=S)N(Cc1ccccc1C(F)(F)F)C[C@H](CC(C)C)NC(=O)Cc1cncn1Cc1ccc(C#N)cc1. The summed E-state index contributed by atoms with van der Waals surface area (Å²) >= 11 is 5.65. The third kappa shape index (κ3) is 11.0. The van der Waals surface area contributed by atoms with Gasteiger partial charge in [-0.05, 0) is 60.3 Å². The first-order chi connectivity index (χ1) is 21.0. The van der Waals surface area contributed by atoms with Crippen molar-refractivity contribution >= 4 is 23.2 Å². The molecular formula is C32H39F3N6O2S. The predicted octanol–water partition coefficient (Wildman–Crippen LogP) is 5.31. The van der Waals surface area contributed by atoms with Crippen molar-refractivity contribution in [2.24, 2.45) is 5.92 Å². The fraction of sp³-hybridized carbons (Fsp3) is 0.438. The van der Waals surface area contributed by atoms with E-state index in [1.165, 1.54) is 12.1 Å². The molecule has 1 amide bonds. The molecular weight excluding hydrogens is 589 g/mol. The van der Waals surface area contributed by atoms with Crippen molar-refractivity contribution in [3.05, 3.63) is 89.0 Å². The number of nitrogens with one attached hydrogen (secondary N) is 2. The molecule has 0 bridgehead atoms. The molecule has 2 N–H and O–H groups in total. The van der Waals surface area contributed by atoms with Crippen LogP contribution < -0.4 is 10.6 Å². The Labute approximate surface area is 262 Å². The molecule has 0 spiro atoms. The van der Waals surface area contributed by atoms with Gasteiger partial charge < -0.3 is 24.8 Å². The number of methoxy groups -OCH3 is 1. The number of hydrogen-bond acceptors (Lipinski definition) is 5. The summed E-state index contributed by atoms with van der Waals surface area (Å²) in [6.45, 7) is 5.69. The minimum atomic E-state index is -4.51. The zero-order valence-corrected chi connectivity index (χ0v) is 26.0. The molecule has 1 heterocycles. The highest BCUT2D eigenvalue weighted by Crippen LogP contribution is 2.32. The summed E-state index contributed by atoms with van der Waals surface area (Å²) in [6, 6.07) is 14.4. The fourth-order valence-corrected chi connectivity index (χ4v) is 5.10. The molecule has 8 nitrogen and oxygen atoms in total. The van der Waals surface area contributed by atoms with Gasteiger partial charge in [-0.25, -0.2) is 4.98 Å². The van der Waals surface area contributed by atoms with Crippen molar-refractivity contribution in [1.29, 1.82) is 5.26 Å². The number of nitriles is 1. The van der Waals surface area contributed by atoms with Crippen molar-refractivity contribution in [3.8, 4) is 6.07 Å². The second-order valence-electron chi connectivity index (χ2n) is 11.0. The van der Waals surface area contributed by atoms with Gasteiger partial charge in [-0.2, -0.15) is 18.4 Å². The number of halogens is 3. The van der Waals surface area contributed by atoms with Crippen LogP contribution in [0.2, 0.25) is 0 Å². The predicted molar refractivity (Wildman–Crippen MR) is 167 cm³/mol. The van der Waals surface area contributed by atoms with Gasteiger partial charge in [-0.3, -0.25) is 4.79 Å². The van der Waals surface area contributed by atoms with Crippen LogP contribution in [0.15, 0.2) is 61.1 Å². The van der Waals surface area contributed by atoms with Crippen LogP contribution in [0.5, 0.6) is 0 Å². The van der Waals surface area contributed by atoms with Crippen LogP contribution in [0.4, 0.5) is 13.2 Å². The van der Waals surface area contributed by atoms with Crippen LogP contribution in [0.3, 0.4) is 0 Å². The van der Waals surface area contributed by atoms with E-state index in [1.807, 2.05) is 30.5 Å². The molecule has 3 aromatic rings. The lowest BCUT2D eigenvalue weighted by molar-refractivity contribution is -0.138. The highest BCUT2D eigenvalue weighted by atomic mass is 32.1. The molecule has 0 radical (unpaired) electrons. The number of carbonyl (C=O) groups excluding carboxylic acids is 1. The first kappa shape index (κ1) is 34.5. The van der Waals surface area contributed by atoms with E-state index in [-0.39, 0.29) is 42.9 Å². The van der Waals surface area contributed by atoms with Crippen molar-refractivity contribution in [2.75, 3.05) is 26.8 Å². The largest absolute Gasteiger partial charge is 0.416 e. The van der Waals surface area contributed by atoms with Crippen molar-refractivity contribution in [2.45, 2.75) is 58.4 Å². The van der Waals surface area contributed by atoms with E-state index >= 15 is 0 Å². The van der Waals surface area contributed by atoms with Crippen LogP contribution in [0.25, 0.3) is 0 Å². The fourth-order valence-electron chi connectivity index (χ4n) is 4.86. The van der Waals surface area contributed by atoms with Crippen LogP contribution in [-0.2, 0) is 35.2 Å². The number of thiocarbonyl (C=S) groups is 1. The summed E-state index contributed by atoms with van der Waals surface area (Å²) in [4.78, 5) is 19.2. The third-order valence-corrected chi connectivity index (χ3v) is 7.31. The minimum absolute atomic E-state index is 0.0709. The zero-order valence-electron chi connectivity index (χ0n) is 25.2. The number of rotatable bonds is 15. The number of ether oxygens (including phenoxy) is 1. The van der Waals surface area contributed by atoms with E-state index in [4.69, 9.17) is 22.2 Å². The van der Waals surface area contributed by atoms with Crippen molar-refractivity contribution < 1.29 is 22.7 Å². The number of benzene rings is 2. The highest BCUT2D eigenvalue weighted by Gasteiger charge is 2.33. The maximum absolute atomic E-state index is 13.8. The second kappa shape index (κ2) is 16.8. The molecule has 0 saturated heterocycles. The molecule has 3 rings (SSSR count). The van der Waals surface area contributed by atoms with Gasteiger partial charge in [0.05, 0.1) is 29.9 Å². The van der Waals surface area contributed by atoms with Gasteiger partial charge >= 0.3 is 6.18 Å². The molecule has 1 aromatic heterocycles. The zero-order chi connectivity index (χ0) is 32.1. The monoisotopic (exact) mass is 628 g/mol. The molecule has 0 saturated carbocycles. The molecule has 12 heteroatoms. The Bertz CT molecular complexity index is 1400. The molecule has 0 aliphatic heterocycles. The average Bonchev–Trinajstić information content (AvgIpc) is 3.40. The number of amides is 1. The topological polar surface area (TPSA) is 95.2 Å². The molecule has 0 fully saturated rings. The molecule has 0 aliphatic rings. The van der Waals surface area contributed by atoms with E-state index < -0.39 is 11.7 Å². The normalized spacial score (nSPS) is 12.0. The Balaban J connectivity index is 1.76. The Morgan fingerprint density at radius 2 is 1.91 bits per heavy atom. The molecule has 2 aromatic carbocycles. The Kier molecular flexibility index (Phi) is 13.2. The number of imidazole rings is 1. The maximum Gasteiger partial charge on any atom is 0.416 e.